The smallest absolute Gasteiger partial charge is 0.0684 e. The van der Waals surface area contributed by atoms with Gasteiger partial charge in [0.15, 0.2) is 0 Å². The summed E-state index contributed by atoms with van der Waals surface area (Å²) in [7, 11) is 0. The van der Waals surface area contributed by atoms with Gasteiger partial charge in [0.2, 0.25) is 0 Å². The molecule has 0 heterocycles. The second-order valence-electron chi connectivity index (χ2n) is 3.11. The van der Waals surface area contributed by atoms with E-state index in [2.05, 4.69) is 0 Å². The molecular formula is C13H11CuN. The van der Waals surface area contributed by atoms with Crippen LogP contribution in [0.5, 0.6) is 0 Å². The fourth-order valence-corrected chi connectivity index (χ4v) is 1.38. The zero-order chi connectivity index (χ0) is 9.80. The Morgan fingerprint density at radius 1 is 0.667 bits per heavy atom. The predicted octanol–water partition coefficient (Wildman–Crippen LogP) is 3.10. The van der Waals surface area contributed by atoms with Crippen molar-refractivity contribution in [3.63, 3.8) is 0 Å². The molecule has 0 saturated heterocycles. The van der Waals surface area contributed by atoms with Crippen molar-refractivity contribution >= 4 is 5.71 Å². The molecule has 0 aliphatic carbocycles. The van der Waals surface area contributed by atoms with Gasteiger partial charge in [-0.25, -0.2) is 0 Å². The Bertz CT molecular complexity index is 381. The van der Waals surface area contributed by atoms with Gasteiger partial charge >= 0.3 is 0 Å². The number of rotatable bonds is 2. The van der Waals surface area contributed by atoms with Crippen LogP contribution in [-0.4, -0.2) is 5.71 Å². The third-order valence-electron chi connectivity index (χ3n) is 2.12. The average molecular weight is 245 g/mol. The largest absolute Gasteiger partial charge is 0.300 e. The van der Waals surface area contributed by atoms with Crippen molar-refractivity contribution in [1.29, 1.82) is 5.41 Å². The van der Waals surface area contributed by atoms with E-state index in [1.54, 1.807) is 0 Å². The zero-order valence-corrected chi connectivity index (χ0v) is 9.02. The Labute approximate surface area is 100 Å². The normalized spacial score (nSPS) is 9.07. The Hall–Kier alpha value is -1.37. The Balaban J connectivity index is 0.00000112. The second-order valence-corrected chi connectivity index (χ2v) is 3.11. The summed E-state index contributed by atoms with van der Waals surface area (Å²) in [6, 6.07) is 19.5. The summed E-state index contributed by atoms with van der Waals surface area (Å²) in [6.45, 7) is 0. The van der Waals surface area contributed by atoms with Crippen LogP contribution in [0.3, 0.4) is 0 Å². The van der Waals surface area contributed by atoms with Crippen molar-refractivity contribution in [2.24, 2.45) is 0 Å². The van der Waals surface area contributed by atoms with Gasteiger partial charge in [0, 0.05) is 17.1 Å². The number of benzene rings is 2. The van der Waals surface area contributed by atoms with E-state index in [1.807, 2.05) is 60.7 Å². The Kier molecular flexibility index (Phi) is 4.29. The summed E-state index contributed by atoms with van der Waals surface area (Å²) in [5.41, 5.74) is 2.49. The maximum atomic E-state index is 7.97. The molecule has 0 saturated carbocycles. The molecule has 0 bridgehead atoms. The number of nitrogens with one attached hydrogen (secondary N) is 1. The van der Waals surface area contributed by atoms with Crippen LogP contribution in [-0.2, 0) is 17.1 Å². The van der Waals surface area contributed by atoms with Gasteiger partial charge in [-0.15, -0.1) is 0 Å². The van der Waals surface area contributed by atoms with Crippen molar-refractivity contribution in [2.45, 2.75) is 0 Å². The van der Waals surface area contributed by atoms with Crippen LogP contribution in [0, 0.1) is 5.41 Å². The van der Waals surface area contributed by atoms with Crippen molar-refractivity contribution < 1.29 is 17.1 Å². The van der Waals surface area contributed by atoms with Gasteiger partial charge in [-0.3, -0.25) is 5.41 Å². The van der Waals surface area contributed by atoms with Crippen LogP contribution in [0.15, 0.2) is 60.7 Å². The van der Waals surface area contributed by atoms with Gasteiger partial charge in [-0.2, -0.15) is 0 Å². The van der Waals surface area contributed by atoms with Gasteiger partial charge in [-0.05, 0) is 11.1 Å². The fourth-order valence-electron chi connectivity index (χ4n) is 1.38. The van der Waals surface area contributed by atoms with E-state index >= 15 is 0 Å². The van der Waals surface area contributed by atoms with Crippen molar-refractivity contribution in [2.75, 3.05) is 0 Å². The van der Waals surface area contributed by atoms with Gasteiger partial charge < -0.3 is 0 Å². The first-order valence-corrected chi connectivity index (χ1v) is 4.57. The molecule has 2 aromatic rings. The number of hydrogen-bond donors (Lipinski definition) is 1. The molecule has 2 aromatic carbocycles. The van der Waals surface area contributed by atoms with Gasteiger partial charge in [0.05, 0.1) is 5.71 Å². The minimum absolute atomic E-state index is 0. The molecule has 2 heteroatoms. The minimum Gasteiger partial charge on any atom is -0.300 e. The first-order chi connectivity index (χ1) is 6.88. The molecule has 1 N–H and O–H groups in total. The molecular weight excluding hydrogens is 234 g/mol. The van der Waals surface area contributed by atoms with Crippen molar-refractivity contribution in [3.8, 4) is 0 Å². The van der Waals surface area contributed by atoms with E-state index in [-0.39, 0.29) is 17.1 Å². The van der Waals surface area contributed by atoms with E-state index in [4.69, 9.17) is 5.41 Å². The molecule has 0 spiro atoms. The quantitative estimate of drug-likeness (QED) is 0.620. The van der Waals surface area contributed by atoms with Crippen LogP contribution in [0.2, 0.25) is 0 Å². The van der Waals surface area contributed by atoms with E-state index in [1.165, 1.54) is 0 Å². The third-order valence-corrected chi connectivity index (χ3v) is 2.12. The summed E-state index contributed by atoms with van der Waals surface area (Å²) in [6.07, 6.45) is 0. The van der Waals surface area contributed by atoms with Crippen LogP contribution in [0.25, 0.3) is 0 Å². The van der Waals surface area contributed by atoms with Crippen LogP contribution in [0.1, 0.15) is 11.1 Å². The molecule has 0 unspecified atom stereocenters. The SMILES string of the molecule is N=C(c1ccccc1)c1ccccc1.[Cu]. The third kappa shape index (κ3) is 2.79. The van der Waals surface area contributed by atoms with Crippen molar-refractivity contribution in [1.82, 2.24) is 0 Å². The van der Waals surface area contributed by atoms with E-state index in [0.717, 1.165) is 11.1 Å². The summed E-state index contributed by atoms with van der Waals surface area (Å²) >= 11 is 0. The summed E-state index contributed by atoms with van der Waals surface area (Å²) in [5, 5.41) is 7.97. The van der Waals surface area contributed by atoms with Gasteiger partial charge in [-0.1, -0.05) is 60.7 Å². The van der Waals surface area contributed by atoms with Crippen molar-refractivity contribution in [3.05, 3.63) is 71.8 Å². The first kappa shape index (κ1) is 11.7. The molecule has 0 aromatic heterocycles. The summed E-state index contributed by atoms with van der Waals surface area (Å²) < 4.78 is 0. The second kappa shape index (κ2) is 5.50. The standard InChI is InChI=1S/C13H11N.Cu/c14-13(11-7-3-1-4-8-11)12-9-5-2-6-10-12;/h1-10,14H;. The Morgan fingerprint density at radius 3 is 1.33 bits per heavy atom. The zero-order valence-electron chi connectivity index (χ0n) is 8.08. The summed E-state index contributed by atoms with van der Waals surface area (Å²) in [5.74, 6) is 0. The monoisotopic (exact) mass is 244 g/mol. The molecule has 2 rings (SSSR count). The van der Waals surface area contributed by atoms with Crippen LogP contribution < -0.4 is 0 Å². The topological polar surface area (TPSA) is 23.9 Å². The molecule has 79 valence electrons. The molecule has 0 atom stereocenters. The molecule has 1 nitrogen and oxygen atoms in total. The molecule has 15 heavy (non-hydrogen) atoms. The van der Waals surface area contributed by atoms with Gasteiger partial charge in [0.1, 0.15) is 0 Å². The average Bonchev–Trinajstić information content (AvgIpc) is 2.30. The summed E-state index contributed by atoms with van der Waals surface area (Å²) in [4.78, 5) is 0. The minimum atomic E-state index is 0. The molecule has 0 aliphatic heterocycles. The van der Waals surface area contributed by atoms with E-state index in [0.29, 0.717) is 5.71 Å². The van der Waals surface area contributed by atoms with E-state index in [9.17, 15) is 0 Å². The molecule has 0 fully saturated rings. The molecule has 0 aliphatic rings. The Morgan fingerprint density at radius 2 is 1.00 bits per heavy atom. The van der Waals surface area contributed by atoms with Crippen LogP contribution in [0.4, 0.5) is 0 Å². The fraction of sp³-hybridized carbons (Fsp3) is 0. The maximum Gasteiger partial charge on any atom is 0.0684 e. The first-order valence-electron chi connectivity index (χ1n) is 4.57. The van der Waals surface area contributed by atoms with E-state index < -0.39 is 0 Å². The molecule has 1 radical (unpaired) electrons. The number of hydrogen-bond acceptors (Lipinski definition) is 1. The predicted molar refractivity (Wildman–Crippen MR) is 58.8 cm³/mol. The van der Waals surface area contributed by atoms with Crippen LogP contribution >= 0.6 is 0 Å². The van der Waals surface area contributed by atoms with Gasteiger partial charge in [0.25, 0.3) is 0 Å². The molecule has 0 amide bonds. The maximum absolute atomic E-state index is 7.97.